The minimum Gasteiger partial charge on any atom is -0.352 e. The molecule has 0 saturated carbocycles. The highest BCUT2D eigenvalue weighted by molar-refractivity contribution is 6.32. The molecule has 2 aliphatic heterocycles. The summed E-state index contributed by atoms with van der Waals surface area (Å²) in [7, 11) is 0. The van der Waals surface area contributed by atoms with Crippen LogP contribution in [0.5, 0.6) is 0 Å². The maximum atomic E-state index is 14.5. The lowest BCUT2D eigenvalue weighted by molar-refractivity contribution is 0.0666. The average molecular weight is 515 g/mol. The quantitative estimate of drug-likeness (QED) is 0.254. The van der Waals surface area contributed by atoms with E-state index in [-0.39, 0.29) is 17.3 Å². The second kappa shape index (κ2) is 8.40. The van der Waals surface area contributed by atoms with Crippen molar-refractivity contribution in [2.75, 3.05) is 4.90 Å². The minimum atomic E-state index is -1.60. The van der Waals surface area contributed by atoms with E-state index in [9.17, 15) is 18.8 Å². The van der Waals surface area contributed by atoms with Gasteiger partial charge in [-0.25, -0.2) is 4.39 Å². The molecule has 7 rings (SSSR count). The molecule has 1 aromatic heterocycles. The van der Waals surface area contributed by atoms with Crippen molar-refractivity contribution in [3.8, 4) is 0 Å². The number of ketones is 3. The first-order valence-electron chi connectivity index (χ1n) is 12.9. The summed E-state index contributed by atoms with van der Waals surface area (Å²) in [6.45, 7) is 1.95. The van der Waals surface area contributed by atoms with Crippen molar-refractivity contribution in [2.45, 2.75) is 24.9 Å². The molecule has 1 saturated heterocycles. The second-order valence-corrected chi connectivity index (χ2v) is 10.4. The van der Waals surface area contributed by atoms with Crippen LogP contribution in [0.4, 0.5) is 10.1 Å². The summed E-state index contributed by atoms with van der Waals surface area (Å²) in [6.07, 6.45) is 6.80. The van der Waals surface area contributed by atoms with E-state index in [1.807, 2.05) is 30.0 Å². The fourth-order valence-electron chi connectivity index (χ4n) is 6.77. The van der Waals surface area contributed by atoms with Crippen LogP contribution in [0.1, 0.15) is 53.7 Å². The number of pyridine rings is 1. The average Bonchev–Trinajstić information content (AvgIpc) is 3.39. The zero-order valence-electron chi connectivity index (χ0n) is 21.0. The van der Waals surface area contributed by atoms with E-state index >= 15 is 0 Å². The maximum absolute atomic E-state index is 14.5. The van der Waals surface area contributed by atoms with Gasteiger partial charge in [0.25, 0.3) is 0 Å². The summed E-state index contributed by atoms with van der Waals surface area (Å²) in [4.78, 5) is 49.7. The molecule has 6 heteroatoms. The van der Waals surface area contributed by atoms with Gasteiger partial charge in [0.1, 0.15) is 17.3 Å². The van der Waals surface area contributed by atoms with Gasteiger partial charge in [-0.1, -0.05) is 72.3 Å². The molecule has 3 aromatic carbocycles. The molecule has 3 aliphatic rings. The summed E-state index contributed by atoms with van der Waals surface area (Å²) < 4.78 is 14.3. The van der Waals surface area contributed by atoms with E-state index < -0.39 is 29.2 Å². The van der Waals surface area contributed by atoms with Crippen LogP contribution in [-0.4, -0.2) is 34.4 Å². The van der Waals surface area contributed by atoms with E-state index in [4.69, 9.17) is 0 Å². The van der Waals surface area contributed by atoms with Crippen molar-refractivity contribution >= 4 is 29.1 Å². The number of nitrogens with zero attached hydrogens (tertiary/aromatic N) is 2. The third-order valence-electron chi connectivity index (χ3n) is 8.41. The van der Waals surface area contributed by atoms with Gasteiger partial charge in [0.2, 0.25) is 0 Å². The van der Waals surface area contributed by atoms with Crippen LogP contribution < -0.4 is 4.90 Å². The smallest absolute Gasteiger partial charge is 0.185 e. The Morgan fingerprint density at radius 2 is 1.64 bits per heavy atom. The Morgan fingerprint density at radius 3 is 2.31 bits per heavy atom. The van der Waals surface area contributed by atoms with Gasteiger partial charge < -0.3 is 4.90 Å². The summed E-state index contributed by atoms with van der Waals surface area (Å²) in [5, 5.41) is 0. The number of halogens is 1. The first-order chi connectivity index (χ1) is 18.9. The number of hydrogen-bond donors (Lipinski definition) is 0. The highest BCUT2D eigenvalue weighted by atomic mass is 19.1. The van der Waals surface area contributed by atoms with Gasteiger partial charge in [-0.2, -0.15) is 0 Å². The van der Waals surface area contributed by atoms with Gasteiger partial charge in [0.05, 0.1) is 6.04 Å². The molecule has 0 unspecified atom stereocenters. The Kier molecular flexibility index (Phi) is 5.04. The zero-order chi connectivity index (χ0) is 26.9. The van der Waals surface area contributed by atoms with Crippen molar-refractivity contribution < 1.29 is 18.8 Å². The van der Waals surface area contributed by atoms with E-state index in [0.29, 0.717) is 33.5 Å². The molecule has 0 radical (unpaired) electrons. The largest absolute Gasteiger partial charge is 0.352 e. The van der Waals surface area contributed by atoms with Crippen LogP contribution in [-0.2, 0) is 0 Å². The lowest BCUT2D eigenvalue weighted by Crippen LogP contribution is -2.48. The molecule has 5 nitrogen and oxygen atoms in total. The highest BCUT2D eigenvalue weighted by Crippen LogP contribution is 2.60. The van der Waals surface area contributed by atoms with Crippen LogP contribution in [0.25, 0.3) is 6.08 Å². The first kappa shape index (κ1) is 23.4. The van der Waals surface area contributed by atoms with Crippen molar-refractivity contribution in [1.29, 1.82) is 0 Å². The summed E-state index contributed by atoms with van der Waals surface area (Å²) in [6, 6.07) is 20.4. The number of fused-ring (bicyclic) bond motifs is 5. The zero-order valence-corrected chi connectivity index (χ0v) is 21.0. The van der Waals surface area contributed by atoms with Crippen LogP contribution >= 0.6 is 0 Å². The molecule has 1 spiro atoms. The molecule has 3 heterocycles. The number of benzene rings is 3. The molecule has 190 valence electrons. The molecule has 0 amide bonds. The minimum absolute atomic E-state index is 0.215. The molecule has 1 aliphatic carbocycles. The summed E-state index contributed by atoms with van der Waals surface area (Å²) in [5.74, 6) is -2.06. The lowest BCUT2D eigenvalue weighted by atomic mass is 9.64. The van der Waals surface area contributed by atoms with E-state index in [0.717, 1.165) is 5.56 Å². The highest BCUT2D eigenvalue weighted by Gasteiger charge is 2.71. The molecule has 0 N–H and O–H groups in total. The molecular weight excluding hydrogens is 491 g/mol. The Bertz CT molecular complexity index is 1680. The maximum Gasteiger partial charge on any atom is 0.185 e. The van der Waals surface area contributed by atoms with Crippen LogP contribution in [0.2, 0.25) is 0 Å². The fourth-order valence-corrected chi connectivity index (χ4v) is 6.77. The van der Waals surface area contributed by atoms with E-state index in [2.05, 4.69) is 4.98 Å². The third kappa shape index (κ3) is 3.12. The third-order valence-corrected chi connectivity index (χ3v) is 8.41. The lowest BCUT2D eigenvalue weighted by Gasteiger charge is -2.37. The SMILES string of the molecule is Cc1ccc(C(=O)[C@@H]2[C@@H](c3cccnc3)C3(C(=O)c4ccccc4C3=O)[C@@H]3C=Cc4cc(F)ccc4N23)cc1. The molecule has 1 fully saturated rings. The summed E-state index contributed by atoms with van der Waals surface area (Å²) >= 11 is 0. The second-order valence-electron chi connectivity index (χ2n) is 10.4. The standard InChI is InChI=1S/C33H23FN2O3/c1-19-8-10-20(11-9-19)30(37)29-28(22-5-4-16-35-18-22)33(31(38)24-6-2-3-7-25(24)32(33)39)27-15-12-21-17-23(34)13-14-26(21)36(27)29/h2-18,27-29H,1H3/t27-,28+,29-/m0/s1. The van der Waals surface area contributed by atoms with Crippen molar-refractivity contribution in [2.24, 2.45) is 5.41 Å². The number of Topliss-reactive ketones (excluding diaryl/α,β-unsaturated/α-hetero) is 3. The molecule has 3 atom stereocenters. The predicted octanol–water partition coefficient (Wildman–Crippen LogP) is 5.85. The normalized spacial score (nSPS) is 22.1. The Hall–Kier alpha value is -4.71. The number of carbonyl (C=O) groups is 3. The van der Waals surface area contributed by atoms with Gasteiger partial charge >= 0.3 is 0 Å². The number of rotatable bonds is 3. The molecule has 4 aromatic rings. The first-order valence-corrected chi connectivity index (χ1v) is 12.9. The van der Waals surface area contributed by atoms with Gasteiger partial charge in [-0.05, 0) is 36.8 Å². The predicted molar refractivity (Wildman–Crippen MR) is 146 cm³/mol. The van der Waals surface area contributed by atoms with Crippen molar-refractivity contribution in [1.82, 2.24) is 4.98 Å². The summed E-state index contributed by atoms with van der Waals surface area (Å²) in [5.41, 5.74) is 2.43. The Morgan fingerprint density at radius 1 is 0.923 bits per heavy atom. The van der Waals surface area contributed by atoms with Crippen molar-refractivity contribution in [3.63, 3.8) is 0 Å². The topological polar surface area (TPSA) is 67.3 Å². The van der Waals surface area contributed by atoms with Gasteiger partial charge in [0.15, 0.2) is 17.3 Å². The van der Waals surface area contributed by atoms with Crippen molar-refractivity contribution in [3.05, 3.63) is 137 Å². The van der Waals surface area contributed by atoms with Crippen LogP contribution in [0.3, 0.4) is 0 Å². The molecule has 39 heavy (non-hydrogen) atoms. The molecule has 0 bridgehead atoms. The van der Waals surface area contributed by atoms with Gasteiger partial charge in [-0.15, -0.1) is 0 Å². The Labute approximate surface area is 224 Å². The number of aromatic nitrogens is 1. The van der Waals surface area contributed by atoms with Gasteiger partial charge in [-0.3, -0.25) is 19.4 Å². The fraction of sp³-hybridized carbons (Fsp3) is 0.152. The van der Waals surface area contributed by atoms with E-state index in [1.54, 1.807) is 73.1 Å². The Balaban J connectivity index is 1.54. The number of hydrogen-bond acceptors (Lipinski definition) is 5. The number of anilines is 1. The van der Waals surface area contributed by atoms with E-state index in [1.165, 1.54) is 12.1 Å². The van der Waals surface area contributed by atoms with Crippen LogP contribution in [0, 0.1) is 18.2 Å². The van der Waals surface area contributed by atoms with Crippen LogP contribution in [0.15, 0.2) is 97.3 Å². The number of aryl methyl sites for hydroxylation is 1. The van der Waals surface area contributed by atoms with Gasteiger partial charge in [0, 0.05) is 46.3 Å². The number of carbonyl (C=O) groups excluding carboxylic acids is 3. The monoisotopic (exact) mass is 514 g/mol. The molecular formula is C33H23FN2O3.